The van der Waals surface area contributed by atoms with Crippen LogP contribution in [0.5, 0.6) is 0 Å². The molecule has 0 fully saturated rings. The Balaban J connectivity index is 0.931. The van der Waals surface area contributed by atoms with Crippen LogP contribution in [0.3, 0.4) is 0 Å². The number of nitrogens with two attached hydrogens (primary N) is 2. The van der Waals surface area contributed by atoms with Crippen LogP contribution in [0.1, 0.15) is 66.8 Å². The van der Waals surface area contributed by atoms with Crippen molar-refractivity contribution in [3.8, 4) is 77.9 Å². The summed E-state index contributed by atoms with van der Waals surface area (Å²) in [5.41, 5.74) is 45.0. The van der Waals surface area contributed by atoms with Crippen molar-refractivity contribution in [2.75, 3.05) is 11.5 Å². The maximum Gasteiger partial charge on any atom is 0.0713 e. The molecule has 17 rings (SSSR count). The van der Waals surface area contributed by atoms with Gasteiger partial charge in [0.25, 0.3) is 0 Å². The number of benzene rings is 14. The van der Waals surface area contributed by atoms with Crippen molar-refractivity contribution in [1.82, 2.24) is 0 Å². The number of hydrogen-bond donors (Lipinski definition) is 2. The Morgan fingerprint density at radius 2 is 0.337 bits per heavy atom. The van der Waals surface area contributed by atoms with Crippen LogP contribution >= 0.6 is 0 Å². The highest BCUT2D eigenvalue weighted by molar-refractivity contribution is 6.12. The lowest BCUT2D eigenvalue weighted by Gasteiger charge is -2.34. The second-order valence-electron chi connectivity index (χ2n) is 24.0. The summed E-state index contributed by atoms with van der Waals surface area (Å²) in [6.07, 6.45) is 0. The third-order valence-electron chi connectivity index (χ3n) is 19.9. The van der Waals surface area contributed by atoms with Crippen LogP contribution in [0, 0.1) is 0 Å². The largest absolute Gasteiger partial charge is 0.397 e. The van der Waals surface area contributed by atoms with Gasteiger partial charge in [0.15, 0.2) is 0 Å². The molecule has 0 radical (unpaired) electrons. The van der Waals surface area contributed by atoms with Gasteiger partial charge in [-0.3, -0.25) is 0 Å². The zero-order valence-corrected chi connectivity index (χ0v) is 49.0. The summed E-state index contributed by atoms with van der Waals surface area (Å²) in [5, 5.41) is 0. The quantitative estimate of drug-likeness (QED) is 0.134. The predicted octanol–water partition coefficient (Wildman–Crippen LogP) is 20.6. The monoisotopic (exact) mass is 1130 g/mol. The van der Waals surface area contributed by atoms with Gasteiger partial charge in [0.05, 0.1) is 27.6 Å². The number of hydrogen-bond acceptors (Lipinski definition) is 2. The number of nitrogen functional groups attached to an aromatic ring is 2. The number of fused-ring (bicyclic) bond motifs is 9. The Labute approximate surface area is 520 Å². The molecule has 0 amide bonds. The molecule has 418 valence electrons. The fraction of sp³-hybridized carbons (Fsp3) is 0.0345. The van der Waals surface area contributed by atoms with Crippen LogP contribution in [0.25, 0.3) is 77.9 Å². The topological polar surface area (TPSA) is 52.0 Å². The normalized spacial score (nSPS) is 14.0. The summed E-state index contributed by atoms with van der Waals surface area (Å²) in [5.74, 6) is 0. The molecule has 4 N–H and O–H groups in total. The molecule has 0 bridgehead atoms. The Morgan fingerprint density at radius 1 is 0.157 bits per heavy atom. The average molecular weight is 1130 g/mol. The molecule has 0 spiro atoms. The van der Waals surface area contributed by atoms with E-state index in [1.807, 2.05) is 0 Å². The van der Waals surface area contributed by atoms with E-state index in [1.165, 1.54) is 100 Å². The second kappa shape index (κ2) is 20.4. The van der Waals surface area contributed by atoms with Crippen molar-refractivity contribution in [2.45, 2.75) is 16.2 Å². The van der Waals surface area contributed by atoms with Crippen LogP contribution in [0.4, 0.5) is 11.4 Å². The zero-order valence-electron chi connectivity index (χ0n) is 49.0. The number of anilines is 2. The summed E-state index contributed by atoms with van der Waals surface area (Å²) in [6.45, 7) is 0. The maximum atomic E-state index is 7.83. The predicted molar refractivity (Wildman–Crippen MR) is 369 cm³/mol. The molecule has 2 heteroatoms. The molecule has 3 aliphatic carbocycles. The molecule has 0 aromatic heterocycles. The minimum atomic E-state index is -0.585. The van der Waals surface area contributed by atoms with Crippen LogP contribution in [0.2, 0.25) is 0 Å². The number of rotatable bonds is 10. The van der Waals surface area contributed by atoms with E-state index >= 15 is 0 Å². The minimum absolute atomic E-state index is 0.534. The standard InChI is InChI=1S/C87H60N2/c88-83-81(57-25-5-1-6-26-57)79(58-45-51-64(52-46-58)85(61-27-7-2-8-28-61)73-39-19-13-33-67(73)68-34-14-20-40-74(68)85)80(59-47-53-65(54-48-59)86(62-29-9-3-10-30-62)75-41-21-15-35-69(75)70-36-16-22-42-76(70)86)82(84(83)89)60-49-55-66(56-50-60)87(63-31-11-4-12-32-63)77-43-23-17-37-71(77)72-38-18-24-44-78(72)87/h1-56H,88-89H2. The Bertz CT molecular complexity index is 4910. The second-order valence-corrected chi connectivity index (χ2v) is 24.0. The molecule has 0 atom stereocenters. The minimum Gasteiger partial charge on any atom is -0.397 e. The van der Waals surface area contributed by atoms with Gasteiger partial charge < -0.3 is 11.5 Å². The Morgan fingerprint density at radius 3 is 0.584 bits per heavy atom. The molecule has 2 nitrogen and oxygen atoms in total. The Hall–Kier alpha value is -11.3. The van der Waals surface area contributed by atoms with Crippen molar-refractivity contribution in [2.24, 2.45) is 0 Å². The third-order valence-corrected chi connectivity index (χ3v) is 19.9. The van der Waals surface area contributed by atoms with Gasteiger partial charge in [-0.2, -0.15) is 0 Å². The van der Waals surface area contributed by atoms with E-state index in [0.29, 0.717) is 11.4 Å². The molecular weight excluding hydrogens is 1070 g/mol. The van der Waals surface area contributed by atoms with Gasteiger partial charge in [-0.05, 0) is 122 Å². The lowest BCUT2D eigenvalue weighted by atomic mass is 9.67. The van der Waals surface area contributed by atoms with Gasteiger partial charge in [0, 0.05) is 22.3 Å². The maximum absolute atomic E-state index is 7.83. The molecule has 0 saturated heterocycles. The van der Waals surface area contributed by atoms with Crippen LogP contribution in [0.15, 0.2) is 340 Å². The summed E-state index contributed by atoms with van der Waals surface area (Å²) in [4.78, 5) is 0. The molecule has 0 unspecified atom stereocenters. The van der Waals surface area contributed by atoms with Crippen molar-refractivity contribution in [1.29, 1.82) is 0 Å². The molecule has 0 heterocycles. The van der Waals surface area contributed by atoms with Gasteiger partial charge in [0.1, 0.15) is 0 Å². The molecule has 0 saturated carbocycles. The lowest BCUT2D eigenvalue weighted by Crippen LogP contribution is -2.28. The summed E-state index contributed by atoms with van der Waals surface area (Å²) >= 11 is 0. The highest BCUT2D eigenvalue weighted by Crippen LogP contribution is 2.61. The van der Waals surface area contributed by atoms with Gasteiger partial charge in [-0.15, -0.1) is 0 Å². The van der Waals surface area contributed by atoms with Gasteiger partial charge in [-0.1, -0.05) is 340 Å². The van der Waals surface area contributed by atoms with Crippen LogP contribution < -0.4 is 11.5 Å². The van der Waals surface area contributed by atoms with Crippen LogP contribution in [-0.2, 0) is 16.2 Å². The van der Waals surface area contributed by atoms with Gasteiger partial charge in [-0.25, -0.2) is 0 Å². The fourth-order valence-electron chi connectivity index (χ4n) is 16.4. The van der Waals surface area contributed by atoms with Crippen LogP contribution in [-0.4, -0.2) is 0 Å². The molecule has 89 heavy (non-hydrogen) atoms. The first kappa shape index (κ1) is 52.0. The third kappa shape index (κ3) is 7.38. The lowest BCUT2D eigenvalue weighted by molar-refractivity contribution is 0.768. The first-order chi connectivity index (χ1) is 44.0. The zero-order chi connectivity index (χ0) is 59.3. The van der Waals surface area contributed by atoms with E-state index in [-0.39, 0.29) is 0 Å². The molecule has 0 aliphatic heterocycles. The van der Waals surface area contributed by atoms with E-state index < -0.39 is 16.2 Å². The van der Waals surface area contributed by atoms with E-state index in [0.717, 1.165) is 44.5 Å². The van der Waals surface area contributed by atoms with Gasteiger partial charge >= 0.3 is 0 Å². The SMILES string of the molecule is Nc1c(N)c(-c2ccc(C3(c4ccccc4)c4ccccc4-c4ccccc43)cc2)c(-c2ccc(C3(c4ccccc4)c4ccccc4-c4ccccc43)cc2)c(-c2ccc(C3(c4ccccc4)c4ccccc4-c4ccccc43)cc2)c1-c1ccccc1. The van der Waals surface area contributed by atoms with E-state index in [4.69, 9.17) is 11.5 Å². The molecular formula is C87H60N2. The molecule has 14 aromatic carbocycles. The summed E-state index contributed by atoms with van der Waals surface area (Å²) < 4.78 is 0. The highest BCUT2D eigenvalue weighted by atomic mass is 14.7. The van der Waals surface area contributed by atoms with Crippen molar-refractivity contribution >= 4 is 11.4 Å². The fourth-order valence-corrected chi connectivity index (χ4v) is 16.4. The van der Waals surface area contributed by atoms with Crippen molar-refractivity contribution < 1.29 is 0 Å². The average Bonchev–Trinajstić information content (AvgIpc) is 1.67. The van der Waals surface area contributed by atoms with E-state index in [1.54, 1.807) is 0 Å². The molecule has 3 aliphatic rings. The highest BCUT2D eigenvalue weighted by Gasteiger charge is 2.49. The first-order valence-electron chi connectivity index (χ1n) is 30.9. The van der Waals surface area contributed by atoms with Crippen molar-refractivity contribution in [3.05, 3.63) is 406 Å². The smallest absolute Gasteiger partial charge is 0.0713 e. The summed E-state index contributed by atoms with van der Waals surface area (Å²) in [6, 6.07) is 125. The Kier molecular flexibility index (Phi) is 11.9. The van der Waals surface area contributed by atoms with E-state index in [9.17, 15) is 0 Å². The molecule has 14 aromatic rings. The first-order valence-corrected chi connectivity index (χ1v) is 30.9. The van der Waals surface area contributed by atoms with E-state index in [2.05, 4.69) is 340 Å². The van der Waals surface area contributed by atoms with Crippen molar-refractivity contribution in [3.63, 3.8) is 0 Å². The van der Waals surface area contributed by atoms with Gasteiger partial charge in [0.2, 0.25) is 0 Å². The summed E-state index contributed by atoms with van der Waals surface area (Å²) in [7, 11) is 0.